The predicted molar refractivity (Wildman–Crippen MR) is 69.4 cm³/mol. The molecule has 0 aliphatic rings. The van der Waals surface area contributed by atoms with Crippen LogP contribution in [-0.4, -0.2) is 35.9 Å². The van der Waals surface area contributed by atoms with E-state index in [9.17, 15) is 9.59 Å². The molecule has 0 heterocycles. The SMILES string of the molecule is CN(CCCC=O)Cc1ccc(CC(=O)O)cc1. The molecule has 1 aromatic carbocycles. The molecule has 0 saturated carbocycles. The molecule has 0 fully saturated rings. The number of unbranched alkanes of at least 4 members (excludes halogenated alkanes) is 1. The van der Waals surface area contributed by atoms with Crippen molar-refractivity contribution >= 4 is 12.3 Å². The minimum Gasteiger partial charge on any atom is -0.481 e. The molecule has 0 amide bonds. The van der Waals surface area contributed by atoms with Crippen LogP contribution in [0.25, 0.3) is 0 Å². The first kappa shape index (κ1) is 14.4. The van der Waals surface area contributed by atoms with Crippen molar-refractivity contribution in [2.45, 2.75) is 25.8 Å². The van der Waals surface area contributed by atoms with Gasteiger partial charge in [0.1, 0.15) is 6.29 Å². The Balaban J connectivity index is 2.42. The number of carbonyl (C=O) groups is 2. The monoisotopic (exact) mass is 249 g/mol. The number of benzene rings is 1. The highest BCUT2D eigenvalue weighted by Crippen LogP contribution is 2.08. The van der Waals surface area contributed by atoms with Crippen LogP contribution in [-0.2, 0) is 22.6 Å². The molecule has 1 rings (SSSR count). The molecule has 0 bridgehead atoms. The average Bonchev–Trinajstić information content (AvgIpc) is 2.31. The molecule has 1 N–H and O–H groups in total. The zero-order valence-corrected chi connectivity index (χ0v) is 10.6. The molecular formula is C14H19NO3. The molecule has 4 nitrogen and oxygen atoms in total. The quantitative estimate of drug-likeness (QED) is 0.563. The van der Waals surface area contributed by atoms with Crippen molar-refractivity contribution < 1.29 is 14.7 Å². The van der Waals surface area contributed by atoms with Crippen LogP contribution < -0.4 is 0 Å². The maximum atomic E-state index is 10.5. The zero-order chi connectivity index (χ0) is 13.4. The van der Waals surface area contributed by atoms with Crippen LogP contribution in [0.1, 0.15) is 24.0 Å². The van der Waals surface area contributed by atoms with Gasteiger partial charge in [-0.1, -0.05) is 24.3 Å². The van der Waals surface area contributed by atoms with Crippen LogP contribution in [0.2, 0.25) is 0 Å². The molecule has 0 aromatic heterocycles. The number of carboxylic acid groups (broad SMARTS) is 1. The maximum absolute atomic E-state index is 10.5. The Morgan fingerprint density at radius 1 is 1.28 bits per heavy atom. The first-order valence-corrected chi connectivity index (χ1v) is 6.03. The fourth-order valence-corrected chi connectivity index (χ4v) is 1.77. The molecule has 4 heteroatoms. The predicted octanol–water partition coefficient (Wildman–Crippen LogP) is 1.72. The molecule has 18 heavy (non-hydrogen) atoms. The van der Waals surface area contributed by atoms with Gasteiger partial charge in [-0.2, -0.15) is 0 Å². The van der Waals surface area contributed by atoms with Gasteiger partial charge in [-0.05, 0) is 31.1 Å². The summed E-state index contributed by atoms with van der Waals surface area (Å²) in [6.07, 6.45) is 2.48. The van der Waals surface area contributed by atoms with Crippen LogP contribution in [0.15, 0.2) is 24.3 Å². The van der Waals surface area contributed by atoms with E-state index in [1.807, 2.05) is 31.3 Å². The van der Waals surface area contributed by atoms with Gasteiger partial charge in [0.25, 0.3) is 0 Å². The Bertz CT molecular complexity index is 387. The minimum atomic E-state index is -0.811. The summed E-state index contributed by atoms with van der Waals surface area (Å²) < 4.78 is 0. The van der Waals surface area contributed by atoms with E-state index in [4.69, 9.17) is 5.11 Å². The second-order valence-corrected chi connectivity index (χ2v) is 4.43. The smallest absolute Gasteiger partial charge is 0.307 e. The van der Waals surface area contributed by atoms with Crippen molar-refractivity contribution in [2.75, 3.05) is 13.6 Å². The standard InChI is InChI=1S/C14H19NO3/c1-15(8-2-3-9-16)11-13-6-4-12(5-7-13)10-14(17)18/h4-7,9H,2-3,8,10-11H2,1H3,(H,17,18). The van der Waals surface area contributed by atoms with Gasteiger partial charge in [0.05, 0.1) is 6.42 Å². The van der Waals surface area contributed by atoms with Gasteiger partial charge < -0.3 is 14.8 Å². The highest BCUT2D eigenvalue weighted by molar-refractivity contribution is 5.70. The largest absolute Gasteiger partial charge is 0.481 e. The summed E-state index contributed by atoms with van der Waals surface area (Å²) in [6.45, 7) is 1.70. The summed E-state index contributed by atoms with van der Waals surface area (Å²) in [5.41, 5.74) is 1.97. The van der Waals surface area contributed by atoms with E-state index < -0.39 is 5.97 Å². The maximum Gasteiger partial charge on any atom is 0.307 e. The molecular weight excluding hydrogens is 230 g/mol. The van der Waals surface area contributed by atoms with Crippen LogP contribution in [0.4, 0.5) is 0 Å². The van der Waals surface area contributed by atoms with Gasteiger partial charge >= 0.3 is 5.97 Å². The Hall–Kier alpha value is -1.68. The number of aldehydes is 1. The van der Waals surface area contributed by atoms with E-state index in [2.05, 4.69) is 4.90 Å². The van der Waals surface area contributed by atoms with Crippen molar-refractivity contribution in [3.63, 3.8) is 0 Å². The lowest BCUT2D eigenvalue weighted by Crippen LogP contribution is -2.19. The van der Waals surface area contributed by atoms with Crippen molar-refractivity contribution in [1.82, 2.24) is 4.90 Å². The van der Waals surface area contributed by atoms with E-state index >= 15 is 0 Å². The van der Waals surface area contributed by atoms with Gasteiger partial charge in [-0.25, -0.2) is 0 Å². The first-order valence-electron chi connectivity index (χ1n) is 6.03. The van der Waals surface area contributed by atoms with Crippen LogP contribution in [0.3, 0.4) is 0 Å². The molecule has 0 aliphatic carbocycles. The van der Waals surface area contributed by atoms with E-state index in [1.54, 1.807) is 0 Å². The molecule has 0 aliphatic heterocycles. The number of hydrogen-bond donors (Lipinski definition) is 1. The topological polar surface area (TPSA) is 57.6 Å². The highest BCUT2D eigenvalue weighted by Gasteiger charge is 2.02. The second kappa shape index (κ2) is 7.61. The third-order valence-electron chi connectivity index (χ3n) is 2.69. The molecule has 0 radical (unpaired) electrons. The van der Waals surface area contributed by atoms with E-state index in [1.165, 1.54) is 0 Å². The fraction of sp³-hybridized carbons (Fsp3) is 0.429. The normalized spacial score (nSPS) is 10.6. The van der Waals surface area contributed by atoms with Crippen molar-refractivity contribution in [2.24, 2.45) is 0 Å². The lowest BCUT2D eigenvalue weighted by Gasteiger charge is -2.16. The summed E-state index contributed by atoms with van der Waals surface area (Å²) in [5.74, 6) is -0.811. The Kier molecular flexibility index (Phi) is 6.08. The van der Waals surface area contributed by atoms with Gasteiger partial charge in [-0.3, -0.25) is 4.79 Å². The number of nitrogens with zero attached hydrogens (tertiary/aromatic N) is 1. The summed E-state index contributed by atoms with van der Waals surface area (Å²) in [5, 5.41) is 8.67. The van der Waals surface area contributed by atoms with Gasteiger partial charge in [-0.15, -0.1) is 0 Å². The lowest BCUT2D eigenvalue weighted by molar-refractivity contribution is -0.136. The molecule has 0 spiro atoms. The van der Waals surface area contributed by atoms with Gasteiger partial charge in [0.2, 0.25) is 0 Å². The molecule has 1 aromatic rings. The first-order chi connectivity index (χ1) is 8.61. The van der Waals surface area contributed by atoms with Crippen molar-refractivity contribution in [3.05, 3.63) is 35.4 Å². The summed E-state index contributed by atoms with van der Waals surface area (Å²) in [4.78, 5) is 22.9. The molecule has 98 valence electrons. The Labute approximate surface area is 107 Å². The zero-order valence-electron chi connectivity index (χ0n) is 10.6. The third-order valence-corrected chi connectivity index (χ3v) is 2.69. The Morgan fingerprint density at radius 2 is 1.89 bits per heavy atom. The highest BCUT2D eigenvalue weighted by atomic mass is 16.4. The number of hydrogen-bond acceptors (Lipinski definition) is 3. The number of carboxylic acids is 1. The fourth-order valence-electron chi connectivity index (χ4n) is 1.77. The summed E-state index contributed by atoms with van der Waals surface area (Å²) in [6, 6.07) is 7.61. The number of carbonyl (C=O) groups excluding carboxylic acids is 1. The van der Waals surface area contributed by atoms with Crippen molar-refractivity contribution in [1.29, 1.82) is 0 Å². The van der Waals surface area contributed by atoms with Gasteiger partial charge in [0.15, 0.2) is 0 Å². The summed E-state index contributed by atoms with van der Waals surface area (Å²) in [7, 11) is 2.01. The van der Waals surface area contributed by atoms with E-state index in [0.29, 0.717) is 6.42 Å². The molecule has 0 unspecified atom stereocenters. The van der Waals surface area contributed by atoms with Crippen LogP contribution in [0.5, 0.6) is 0 Å². The Morgan fingerprint density at radius 3 is 2.44 bits per heavy atom. The summed E-state index contributed by atoms with van der Waals surface area (Å²) >= 11 is 0. The van der Waals surface area contributed by atoms with E-state index in [-0.39, 0.29) is 6.42 Å². The van der Waals surface area contributed by atoms with Crippen LogP contribution >= 0.6 is 0 Å². The van der Waals surface area contributed by atoms with Crippen LogP contribution in [0, 0.1) is 0 Å². The van der Waals surface area contributed by atoms with Gasteiger partial charge in [0, 0.05) is 13.0 Å². The minimum absolute atomic E-state index is 0.0649. The second-order valence-electron chi connectivity index (χ2n) is 4.43. The number of rotatable bonds is 8. The molecule has 0 saturated heterocycles. The number of aliphatic carboxylic acids is 1. The molecule has 0 atom stereocenters. The average molecular weight is 249 g/mol. The third kappa shape index (κ3) is 5.59. The lowest BCUT2D eigenvalue weighted by atomic mass is 10.1. The van der Waals surface area contributed by atoms with Crippen molar-refractivity contribution in [3.8, 4) is 0 Å². The van der Waals surface area contributed by atoms with E-state index in [0.717, 1.165) is 36.9 Å².